The molecule has 0 saturated heterocycles. The number of aromatic nitrogens is 1. The smallest absolute Gasteiger partial charge is 0.321 e. The first-order chi connectivity index (χ1) is 19.2. The Bertz CT molecular complexity index is 1350. The van der Waals surface area contributed by atoms with Gasteiger partial charge in [0.05, 0.1) is 24.8 Å². The third-order valence-corrected chi connectivity index (χ3v) is 6.76. The summed E-state index contributed by atoms with van der Waals surface area (Å²) in [5.41, 5.74) is 1.49. The van der Waals surface area contributed by atoms with Gasteiger partial charge in [0, 0.05) is 48.8 Å². The number of pyridine rings is 1. The molecule has 0 saturated carbocycles. The third-order valence-electron chi connectivity index (χ3n) is 6.76. The third kappa shape index (κ3) is 6.73. The Balaban J connectivity index is 1.58. The van der Waals surface area contributed by atoms with Crippen LogP contribution in [-0.4, -0.2) is 76.6 Å². The van der Waals surface area contributed by atoms with E-state index in [1.807, 2.05) is 6.92 Å². The summed E-state index contributed by atoms with van der Waals surface area (Å²) in [5.74, 6) is -1.02. The van der Waals surface area contributed by atoms with Crippen LogP contribution in [0.1, 0.15) is 34.6 Å². The molecule has 0 unspecified atom stereocenters. The van der Waals surface area contributed by atoms with E-state index in [2.05, 4.69) is 15.6 Å². The fourth-order valence-corrected chi connectivity index (χ4v) is 4.33. The summed E-state index contributed by atoms with van der Waals surface area (Å²) in [6.07, 6.45) is 2.51. The van der Waals surface area contributed by atoms with Gasteiger partial charge >= 0.3 is 6.03 Å². The van der Waals surface area contributed by atoms with Crippen molar-refractivity contribution in [3.63, 3.8) is 0 Å². The van der Waals surface area contributed by atoms with Gasteiger partial charge in [-0.15, -0.1) is 0 Å². The van der Waals surface area contributed by atoms with Crippen molar-refractivity contribution in [1.82, 2.24) is 14.8 Å². The van der Waals surface area contributed by atoms with E-state index < -0.39 is 24.0 Å². The largest absolute Gasteiger partial charge is 0.487 e. The zero-order valence-corrected chi connectivity index (χ0v) is 22.5. The quantitative estimate of drug-likeness (QED) is 0.411. The Morgan fingerprint density at radius 3 is 2.48 bits per heavy atom. The SMILES string of the molecule is C[C@H]1CN([C@@H](C)CO)C(=O)c2cc(NC(=O)c3ccncc3)ccc2O[C@@H]1CN(C)C(=O)Nc1ccc(F)cc1. The molecule has 0 bridgehead atoms. The van der Waals surface area contributed by atoms with Gasteiger partial charge in [0.15, 0.2) is 0 Å². The van der Waals surface area contributed by atoms with Crippen molar-refractivity contribution < 1.29 is 28.6 Å². The molecule has 1 aromatic heterocycles. The highest BCUT2D eigenvalue weighted by Crippen LogP contribution is 2.31. The Kier molecular flexibility index (Phi) is 8.95. The number of benzene rings is 2. The molecule has 0 spiro atoms. The second-order valence-corrected chi connectivity index (χ2v) is 9.84. The van der Waals surface area contributed by atoms with Gasteiger partial charge in [0.2, 0.25) is 0 Å². The van der Waals surface area contributed by atoms with Crippen LogP contribution in [0.25, 0.3) is 0 Å². The molecular formula is C29H32FN5O5. The lowest BCUT2D eigenvalue weighted by Gasteiger charge is -2.38. The number of ether oxygens (including phenoxy) is 1. The van der Waals surface area contributed by atoms with Crippen molar-refractivity contribution in [1.29, 1.82) is 0 Å². The lowest BCUT2D eigenvalue weighted by atomic mass is 9.99. The lowest BCUT2D eigenvalue weighted by Crippen LogP contribution is -2.50. The number of halogens is 1. The van der Waals surface area contributed by atoms with Crippen molar-refractivity contribution in [3.8, 4) is 5.75 Å². The molecule has 0 radical (unpaired) electrons. The van der Waals surface area contributed by atoms with E-state index in [1.54, 1.807) is 49.2 Å². The normalized spacial score (nSPS) is 17.5. The second kappa shape index (κ2) is 12.6. The minimum atomic E-state index is -0.513. The number of likely N-dealkylation sites (N-methyl/N-ethyl adjacent to an activating group) is 1. The molecule has 0 fully saturated rings. The van der Waals surface area contributed by atoms with E-state index in [4.69, 9.17) is 4.74 Å². The maximum atomic E-state index is 13.6. The molecule has 1 aliphatic rings. The predicted octanol–water partition coefficient (Wildman–Crippen LogP) is 3.86. The molecule has 3 atom stereocenters. The number of fused-ring (bicyclic) bond motifs is 1. The van der Waals surface area contributed by atoms with Gasteiger partial charge < -0.3 is 30.3 Å². The number of carbonyl (C=O) groups is 3. The van der Waals surface area contributed by atoms with Gasteiger partial charge in [-0.25, -0.2) is 9.18 Å². The lowest BCUT2D eigenvalue weighted by molar-refractivity contribution is 0.0371. The molecular weight excluding hydrogens is 517 g/mol. The Labute approximate surface area is 231 Å². The molecule has 2 heterocycles. The van der Waals surface area contributed by atoms with E-state index in [-0.39, 0.29) is 43.0 Å². The van der Waals surface area contributed by atoms with Crippen LogP contribution in [0, 0.1) is 11.7 Å². The van der Waals surface area contributed by atoms with Crippen LogP contribution in [0.3, 0.4) is 0 Å². The maximum absolute atomic E-state index is 13.6. The first kappa shape index (κ1) is 28.5. The summed E-state index contributed by atoms with van der Waals surface area (Å²) in [4.78, 5) is 46.1. The van der Waals surface area contributed by atoms with Gasteiger partial charge in [-0.2, -0.15) is 0 Å². The molecule has 10 nitrogen and oxygen atoms in total. The molecule has 3 aromatic rings. The molecule has 4 rings (SSSR count). The number of aliphatic hydroxyl groups excluding tert-OH is 1. The average Bonchev–Trinajstić information content (AvgIpc) is 2.96. The van der Waals surface area contributed by atoms with E-state index in [0.29, 0.717) is 22.7 Å². The first-order valence-electron chi connectivity index (χ1n) is 12.9. The van der Waals surface area contributed by atoms with E-state index in [1.165, 1.54) is 41.6 Å². The van der Waals surface area contributed by atoms with Crippen LogP contribution in [-0.2, 0) is 0 Å². The molecule has 210 valence electrons. The van der Waals surface area contributed by atoms with E-state index in [0.717, 1.165) is 0 Å². The second-order valence-electron chi connectivity index (χ2n) is 9.84. The van der Waals surface area contributed by atoms with Gasteiger partial charge in [0.25, 0.3) is 11.8 Å². The van der Waals surface area contributed by atoms with Gasteiger partial charge in [-0.1, -0.05) is 6.92 Å². The summed E-state index contributed by atoms with van der Waals surface area (Å²) >= 11 is 0. The Hall–Kier alpha value is -4.51. The summed E-state index contributed by atoms with van der Waals surface area (Å²) < 4.78 is 19.5. The van der Waals surface area contributed by atoms with E-state index in [9.17, 15) is 23.9 Å². The monoisotopic (exact) mass is 549 g/mol. The van der Waals surface area contributed by atoms with Crippen molar-refractivity contribution in [2.45, 2.75) is 26.0 Å². The molecule has 4 amide bonds. The summed E-state index contributed by atoms with van der Waals surface area (Å²) in [7, 11) is 1.62. The standard InChI is InChI=1S/C29H32FN5O5/c1-18-15-35(19(2)17-36)28(38)24-14-23(32-27(37)20-10-12-31-13-11-20)8-9-25(24)40-26(18)16-34(3)29(39)33-22-6-4-21(30)5-7-22/h4-14,18-19,26,36H,15-17H2,1-3H3,(H,32,37)(H,33,39)/t18-,19-,26+/m0/s1. The summed E-state index contributed by atoms with van der Waals surface area (Å²) in [6.45, 7) is 3.88. The number of urea groups is 1. The number of rotatable bonds is 7. The van der Waals surface area contributed by atoms with Crippen LogP contribution >= 0.6 is 0 Å². The Morgan fingerprint density at radius 1 is 1.12 bits per heavy atom. The molecule has 1 aliphatic heterocycles. The van der Waals surface area contributed by atoms with Crippen molar-refractivity contribution in [3.05, 3.63) is 83.9 Å². The fraction of sp³-hybridized carbons (Fsp3) is 0.310. The number of amides is 4. The van der Waals surface area contributed by atoms with Gasteiger partial charge in [-0.3, -0.25) is 14.6 Å². The summed E-state index contributed by atoms with van der Waals surface area (Å²) in [6, 6.07) is 12.5. The minimum Gasteiger partial charge on any atom is -0.487 e. The summed E-state index contributed by atoms with van der Waals surface area (Å²) in [5, 5.41) is 15.4. The highest BCUT2D eigenvalue weighted by atomic mass is 19.1. The number of carbonyl (C=O) groups excluding carboxylic acids is 3. The highest BCUT2D eigenvalue weighted by Gasteiger charge is 2.34. The maximum Gasteiger partial charge on any atom is 0.321 e. The van der Waals surface area contributed by atoms with Gasteiger partial charge in [0.1, 0.15) is 17.7 Å². The van der Waals surface area contributed by atoms with Crippen molar-refractivity contribution in [2.75, 3.05) is 37.4 Å². The average molecular weight is 550 g/mol. The molecule has 3 N–H and O–H groups in total. The number of hydrogen-bond acceptors (Lipinski definition) is 6. The fourth-order valence-electron chi connectivity index (χ4n) is 4.33. The van der Waals surface area contributed by atoms with Gasteiger partial charge in [-0.05, 0) is 61.5 Å². The van der Waals surface area contributed by atoms with Crippen molar-refractivity contribution >= 4 is 29.2 Å². The number of nitrogens with one attached hydrogen (secondary N) is 2. The van der Waals surface area contributed by atoms with Crippen molar-refractivity contribution in [2.24, 2.45) is 5.92 Å². The van der Waals surface area contributed by atoms with E-state index >= 15 is 0 Å². The zero-order chi connectivity index (χ0) is 28.8. The predicted molar refractivity (Wildman–Crippen MR) is 148 cm³/mol. The minimum absolute atomic E-state index is 0.184. The number of hydrogen-bond donors (Lipinski definition) is 3. The molecule has 2 aromatic carbocycles. The molecule has 11 heteroatoms. The van der Waals surface area contributed by atoms with Crippen LogP contribution in [0.5, 0.6) is 5.75 Å². The molecule has 0 aliphatic carbocycles. The first-order valence-corrected chi connectivity index (χ1v) is 12.9. The Morgan fingerprint density at radius 2 is 1.80 bits per heavy atom. The van der Waals surface area contributed by atoms with Crippen LogP contribution < -0.4 is 15.4 Å². The highest BCUT2D eigenvalue weighted by molar-refractivity contribution is 6.05. The number of aliphatic hydroxyl groups is 1. The van der Waals surface area contributed by atoms with Crippen LogP contribution in [0.2, 0.25) is 0 Å². The topological polar surface area (TPSA) is 124 Å². The zero-order valence-electron chi connectivity index (χ0n) is 22.5. The number of nitrogens with zero attached hydrogens (tertiary/aromatic N) is 3. The van der Waals surface area contributed by atoms with Crippen LogP contribution in [0.4, 0.5) is 20.6 Å². The molecule has 40 heavy (non-hydrogen) atoms. The van der Waals surface area contributed by atoms with Crippen LogP contribution in [0.15, 0.2) is 67.0 Å². The number of anilines is 2.